The molecule has 3 unspecified atom stereocenters. The van der Waals surface area contributed by atoms with Gasteiger partial charge in [0.15, 0.2) is 6.10 Å². The molecule has 3 amide bonds. The summed E-state index contributed by atoms with van der Waals surface area (Å²) in [5.74, 6) is -1.13. The average molecular weight is 299 g/mol. The third-order valence-electron chi connectivity index (χ3n) is 3.93. The van der Waals surface area contributed by atoms with Crippen LogP contribution < -0.4 is 10.6 Å². The summed E-state index contributed by atoms with van der Waals surface area (Å²) < 4.78 is 5.32. The Morgan fingerprint density at radius 3 is 2.67 bits per heavy atom. The van der Waals surface area contributed by atoms with Gasteiger partial charge < -0.3 is 25.4 Å². The van der Waals surface area contributed by atoms with Gasteiger partial charge in [-0.25, -0.2) is 9.59 Å². The molecule has 2 rings (SSSR count). The lowest BCUT2D eigenvalue weighted by atomic mass is 10.2. The third kappa shape index (κ3) is 3.63. The minimum atomic E-state index is -0.969. The number of aliphatic carboxylic acids is 1. The van der Waals surface area contributed by atoms with Crippen LogP contribution in [-0.2, 0) is 14.3 Å². The van der Waals surface area contributed by atoms with Crippen molar-refractivity contribution in [3.8, 4) is 0 Å². The Bertz CT molecular complexity index is 428. The number of nitrogens with one attached hydrogen (secondary N) is 2. The zero-order valence-electron chi connectivity index (χ0n) is 12.0. The van der Waals surface area contributed by atoms with Gasteiger partial charge in [-0.3, -0.25) is 4.79 Å². The van der Waals surface area contributed by atoms with Gasteiger partial charge in [-0.2, -0.15) is 0 Å². The zero-order valence-corrected chi connectivity index (χ0v) is 12.0. The van der Waals surface area contributed by atoms with E-state index in [2.05, 4.69) is 10.6 Å². The summed E-state index contributed by atoms with van der Waals surface area (Å²) in [6.45, 7) is 0.812. The summed E-state index contributed by atoms with van der Waals surface area (Å²) >= 11 is 0. The van der Waals surface area contributed by atoms with E-state index in [0.717, 1.165) is 6.42 Å². The summed E-state index contributed by atoms with van der Waals surface area (Å²) in [5, 5.41) is 14.1. The highest BCUT2D eigenvalue weighted by Crippen LogP contribution is 2.20. The second-order valence-corrected chi connectivity index (χ2v) is 5.31. The number of hydrogen-bond donors (Lipinski definition) is 3. The molecule has 0 aromatic rings. The standard InChI is InChI=1S/C13H21N3O5/c1-14-11(17)9-3-2-6-16(9)13(20)15-7-8-4-5-10(21-8)12(18)19/h8-10H,2-7H2,1H3,(H,14,17)(H,15,20)(H,18,19). The van der Waals surface area contributed by atoms with Crippen LogP contribution in [0.25, 0.3) is 0 Å². The van der Waals surface area contributed by atoms with Crippen LogP contribution in [0, 0.1) is 0 Å². The van der Waals surface area contributed by atoms with E-state index in [1.807, 2.05) is 0 Å². The monoisotopic (exact) mass is 299 g/mol. The number of urea groups is 1. The number of rotatable bonds is 4. The number of carbonyl (C=O) groups is 3. The Morgan fingerprint density at radius 1 is 1.29 bits per heavy atom. The SMILES string of the molecule is CNC(=O)C1CCCN1C(=O)NCC1CCC(C(=O)O)O1. The predicted octanol–water partition coefficient (Wildman–Crippen LogP) is -0.461. The van der Waals surface area contributed by atoms with E-state index in [0.29, 0.717) is 25.8 Å². The minimum Gasteiger partial charge on any atom is -0.479 e. The topological polar surface area (TPSA) is 108 Å². The number of carboxylic acid groups (broad SMARTS) is 1. The maximum absolute atomic E-state index is 12.1. The molecule has 3 N–H and O–H groups in total. The largest absolute Gasteiger partial charge is 0.479 e. The van der Waals surface area contributed by atoms with Crippen molar-refractivity contribution in [1.29, 1.82) is 0 Å². The van der Waals surface area contributed by atoms with Gasteiger partial charge in [-0.05, 0) is 25.7 Å². The molecular formula is C13H21N3O5. The number of likely N-dealkylation sites (N-methyl/N-ethyl adjacent to an activating group) is 1. The van der Waals surface area contributed by atoms with E-state index in [4.69, 9.17) is 9.84 Å². The molecule has 2 heterocycles. The number of nitrogens with zero attached hydrogens (tertiary/aromatic N) is 1. The molecule has 8 heteroatoms. The second kappa shape index (κ2) is 6.75. The average Bonchev–Trinajstić information content (AvgIpc) is 3.12. The summed E-state index contributed by atoms with van der Waals surface area (Å²) in [6, 6.07) is -0.727. The van der Waals surface area contributed by atoms with Crippen LogP contribution in [0.1, 0.15) is 25.7 Å². The van der Waals surface area contributed by atoms with Crippen LogP contribution in [0.2, 0.25) is 0 Å². The van der Waals surface area contributed by atoms with Gasteiger partial charge in [0, 0.05) is 20.1 Å². The van der Waals surface area contributed by atoms with Crippen molar-refractivity contribution >= 4 is 17.9 Å². The molecule has 21 heavy (non-hydrogen) atoms. The Balaban J connectivity index is 1.79. The van der Waals surface area contributed by atoms with E-state index in [1.165, 1.54) is 4.90 Å². The lowest BCUT2D eigenvalue weighted by Gasteiger charge is -2.24. The van der Waals surface area contributed by atoms with Crippen LogP contribution in [0.4, 0.5) is 4.79 Å². The van der Waals surface area contributed by atoms with Crippen LogP contribution >= 0.6 is 0 Å². The summed E-state index contributed by atoms with van der Waals surface area (Å²) in [6.07, 6.45) is 1.46. The molecule has 2 aliphatic rings. The second-order valence-electron chi connectivity index (χ2n) is 5.31. The molecule has 0 bridgehead atoms. The fraction of sp³-hybridized carbons (Fsp3) is 0.769. The molecular weight excluding hydrogens is 278 g/mol. The first-order chi connectivity index (χ1) is 10.0. The molecule has 0 aromatic carbocycles. The Labute approximate surface area is 122 Å². The van der Waals surface area contributed by atoms with Crippen molar-refractivity contribution in [2.75, 3.05) is 20.1 Å². The number of carboxylic acids is 1. The number of hydrogen-bond acceptors (Lipinski definition) is 4. The maximum Gasteiger partial charge on any atom is 0.332 e. The Hall–Kier alpha value is -1.83. The van der Waals surface area contributed by atoms with Crippen molar-refractivity contribution < 1.29 is 24.2 Å². The number of ether oxygens (including phenoxy) is 1. The summed E-state index contributed by atoms with van der Waals surface area (Å²) in [7, 11) is 1.55. The van der Waals surface area contributed by atoms with Crippen LogP contribution in [-0.4, -0.2) is 66.3 Å². The van der Waals surface area contributed by atoms with Crippen LogP contribution in [0.5, 0.6) is 0 Å². The van der Waals surface area contributed by atoms with E-state index in [1.54, 1.807) is 7.05 Å². The molecule has 0 spiro atoms. The molecule has 2 fully saturated rings. The van der Waals surface area contributed by atoms with Gasteiger partial charge in [-0.15, -0.1) is 0 Å². The lowest BCUT2D eigenvalue weighted by molar-refractivity contribution is -0.149. The first-order valence-electron chi connectivity index (χ1n) is 7.17. The molecule has 0 aliphatic carbocycles. The predicted molar refractivity (Wildman–Crippen MR) is 72.7 cm³/mol. The van der Waals surface area contributed by atoms with E-state index >= 15 is 0 Å². The molecule has 118 valence electrons. The highest BCUT2D eigenvalue weighted by atomic mass is 16.5. The molecule has 0 saturated carbocycles. The van der Waals surface area contributed by atoms with Gasteiger partial charge in [0.25, 0.3) is 0 Å². The molecule has 0 aromatic heterocycles. The number of likely N-dealkylation sites (tertiary alicyclic amines) is 1. The van der Waals surface area contributed by atoms with Crippen molar-refractivity contribution in [3.05, 3.63) is 0 Å². The van der Waals surface area contributed by atoms with Crippen molar-refractivity contribution in [1.82, 2.24) is 15.5 Å². The molecule has 8 nitrogen and oxygen atoms in total. The minimum absolute atomic E-state index is 0.161. The van der Waals surface area contributed by atoms with E-state index < -0.39 is 18.1 Å². The first kappa shape index (κ1) is 15.6. The quantitative estimate of drug-likeness (QED) is 0.651. The fourth-order valence-electron chi connectivity index (χ4n) is 2.79. The molecule has 0 radical (unpaired) electrons. The summed E-state index contributed by atoms with van der Waals surface area (Å²) in [5.41, 5.74) is 0. The van der Waals surface area contributed by atoms with Gasteiger partial charge in [0.2, 0.25) is 5.91 Å². The van der Waals surface area contributed by atoms with Crippen LogP contribution in [0.15, 0.2) is 0 Å². The lowest BCUT2D eigenvalue weighted by Crippen LogP contribution is -2.50. The number of carbonyl (C=O) groups excluding carboxylic acids is 2. The first-order valence-corrected chi connectivity index (χ1v) is 7.17. The number of amides is 3. The molecule has 2 aliphatic heterocycles. The van der Waals surface area contributed by atoms with Gasteiger partial charge in [0.1, 0.15) is 6.04 Å². The van der Waals surface area contributed by atoms with E-state index in [9.17, 15) is 14.4 Å². The highest BCUT2D eigenvalue weighted by molar-refractivity contribution is 5.87. The smallest absolute Gasteiger partial charge is 0.332 e. The van der Waals surface area contributed by atoms with Crippen molar-refractivity contribution in [2.45, 2.75) is 43.9 Å². The summed E-state index contributed by atoms with van der Waals surface area (Å²) in [4.78, 5) is 36.1. The molecule has 3 atom stereocenters. The van der Waals surface area contributed by atoms with Crippen molar-refractivity contribution in [3.63, 3.8) is 0 Å². The zero-order chi connectivity index (χ0) is 15.4. The Morgan fingerprint density at radius 2 is 2.05 bits per heavy atom. The van der Waals surface area contributed by atoms with Crippen molar-refractivity contribution in [2.24, 2.45) is 0 Å². The van der Waals surface area contributed by atoms with E-state index in [-0.39, 0.29) is 24.6 Å². The van der Waals surface area contributed by atoms with Gasteiger partial charge in [-0.1, -0.05) is 0 Å². The highest BCUT2D eigenvalue weighted by Gasteiger charge is 2.35. The maximum atomic E-state index is 12.1. The normalized spacial score (nSPS) is 28.4. The van der Waals surface area contributed by atoms with Gasteiger partial charge in [0.05, 0.1) is 6.10 Å². The fourth-order valence-corrected chi connectivity index (χ4v) is 2.79. The third-order valence-corrected chi connectivity index (χ3v) is 3.93. The van der Waals surface area contributed by atoms with Gasteiger partial charge >= 0.3 is 12.0 Å². The Kier molecular flexibility index (Phi) is 5.00. The molecule has 2 saturated heterocycles. The van der Waals surface area contributed by atoms with Crippen LogP contribution in [0.3, 0.4) is 0 Å².